The highest BCUT2D eigenvalue weighted by Crippen LogP contribution is 2.76. The van der Waals surface area contributed by atoms with Crippen LogP contribution in [0.1, 0.15) is 113 Å². The summed E-state index contributed by atoms with van der Waals surface area (Å²) in [4.78, 5) is 0. The van der Waals surface area contributed by atoms with Crippen LogP contribution in [0.2, 0.25) is 0 Å². The lowest BCUT2D eigenvalue weighted by Gasteiger charge is -2.63. The molecule has 3 heteroatoms. The second-order valence-electron chi connectivity index (χ2n) is 15.7. The largest absolute Gasteiger partial charge is 0.393 e. The van der Waals surface area contributed by atoms with Crippen molar-refractivity contribution in [2.24, 2.45) is 50.7 Å². The van der Waals surface area contributed by atoms with Gasteiger partial charge >= 0.3 is 0 Å². The van der Waals surface area contributed by atoms with E-state index < -0.39 is 0 Å². The fourth-order valence-electron chi connectivity index (χ4n) is 12.0. The molecule has 188 valence electrons. The van der Waals surface area contributed by atoms with Gasteiger partial charge in [0.05, 0.1) is 23.9 Å². The minimum Gasteiger partial charge on any atom is -0.393 e. The Morgan fingerprint density at radius 1 is 0.606 bits per heavy atom. The van der Waals surface area contributed by atoms with Gasteiger partial charge in [-0.3, -0.25) is 0 Å². The van der Waals surface area contributed by atoms with Gasteiger partial charge in [0.15, 0.2) is 0 Å². The molecule has 0 radical (unpaired) electrons. The minimum absolute atomic E-state index is 0.0188. The van der Waals surface area contributed by atoms with Gasteiger partial charge in [0.2, 0.25) is 0 Å². The van der Waals surface area contributed by atoms with Crippen molar-refractivity contribution in [1.29, 1.82) is 0 Å². The molecule has 33 heavy (non-hydrogen) atoms. The molecular formula is C30H50O3. The summed E-state index contributed by atoms with van der Waals surface area (Å²) in [6.07, 6.45) is 11.9. The molecule has 5 saturated carbocycles. The van der Waals surface area contributed by atoms with E-state index in [1.165, 1.54) is 38.5 Å². The molecule has 1 heterocycles. The number of aliphatic hydroxyl groups excluding tert-OH is 2. The van der Waals surface area contributed by atoms with Crippen LogP contribution in [0.4, 0.5) is 0 Å². The highest BCUT2D eigenvalue weighted by atomic mass is 16.6. The van der Waals surface area contributed by atoms with E-state index >= 15 is 0 Å². The predicted octanol–water partition coefficient (Wildman–Crippen LogP) is 6.35. The first kappa shape index (κ1) is 23.3. The van der Waals surface area contributed by atoms with E-state index in [0.717, 1.165) is 31.6 Å². The quantitative estimate of drug-likeness (QED) is 0.416. The molecule has 0 bridgehead atoms. The van der Waals surface area contributed by atoms with Crippen molar-refractivity contribution in [2.45, 2.75) is 137 Å². The number of fused-ring (bicyclic) bond motifs is 5. The van der Waals surface area contributed by atoms with Gasteiger partial charge in [-0.05, 0) is 115 Å². The van der Waals surface area contributed by atoms with Gasteiger partial charge in [-0.15, -0.1) is 0 Å². The number of aliphatic hydroxyl groups is 2. The Bertz CT molecular complexity index is 816. The summed E-state index contributed by atoms with van der Waals surface area (Å²) in [5.41, 5.74) is 1.05. The second-order valence-corrected chi connectivity index (χ2v) is 15.7. The molecule has 0 unspecified atom stereocenters. The van der Waals surface area contributed by atoms with Crippen LogP contribution in [0.5, 0.6) is 0 Å². The Morgan fingerprint density at radius 2 is 1.15 bits per heavy atom. The molecule has 1 spiro atoms. The van der Waals surface area contributed by atoms with Gasteiger partial charge in [-0.1, -0.05) is 48.5 Å². The Kier molecular flexibility index (Phi) is 4.66. The molecule has 6 fully saturated rings. The van der Waals surface area contributed by atoms with E-state index in [-0.39, 0.29) is 34.1 Å². The van der Waals surface area contributed by atoms with Crippen LogP contribution in [0.15, 0.2) is 0 Å². The van der Waals surface area contributed by atoms with Crippen molar-refractivity contribution in [3.8, 4) is 0 Å². The van der Waals surface area contributed by atoms with Crippen LogP contribution in [-0.2, 0) is 4.74 Å². The maximum atomic E-state index is 10.9. The number of epoxide rings is 1. The van der Waals surface area contributed by atoms with Crippen LogP contribution in [0, 0.1) is 50.7 Å². The van der Waals surface area contributed by atoms with E-state index in [2.05, 4.69) is 48.5 Å². The molecule has 0 aromatic rings. The Balaban J connectivity index is 1.38. The van der Waals surface area contributed by atoms with Gasteiger partial charge in [0.1, 0.15) is 0 Å². The average Bonchev–Trinajstić information content (AvgIpc) is 3.43. The van der Waals surface area contributed by atoms with Gasteiger partial charge in [-0.2, -0.15) is 0 Å². The van der Waals surface area contributed by atoms with Gasteiger partial charge in [0, 0.05) is 0 Å². The van der Waals surface area contributed by atoms with Gasteiger partial charge in [0.25, 0.3) is 0 Å². The topological polar surface area (TPSA) is 53.0 Å². The maximum absolute atomic E-state index is 10.9. The molecule has 2 N–H and O–H groups in total. The summed E-state index contributed by atoms with van der Waals surface area (Å²) in [5, 5.41) is 21.8. The first-order valence-electron chi connectivity index (χ1n) is 14.3. The zero-order valence-electron chi connectivity index (χ0n) is 22.4. The number of rotatable bonds is 0. The van der Waals surface area contributed by atoms with E-state index in [1.807, 2.05) is 0 Å². The second kappa shape index (κ2) is 6.60. The average molecular weight is 459 g/mol. The summed E-state index contributed by atoms with van der Waals surface area (Å²) >= 11 is 0. The highest BCUT2D eigenvalue weighted by Gasteiger charge is 2.76. The molecular weight excluding hydrogens is 408 g/mol. The lowest BCUT2D eigenvalue weighted by atomic mass is 9.41. The highest BCUT2D eigenvalue weighted by molar-refractivity contribution is 5.24. The van der Waals surface area contributed by atoms with Crippen molar-refractivity contribution in [2.75, 3.05) is 0 Å². The normalized spacial score (nSPS) is 60.8. The Labute approximate surface area is 202 Å². The fraction of sp³-hybridized carbons (Fsp3) is 1.00. The zero-order valence-corrected chi connectivity index (χ0v) is 22.4. The molecule has 6 rings (SSSR count). The van der Waals surface area contributed by atoms with Crippen molar-refractivity contribution >= 4 is 0 Å². The molecule has 0 aromatic heterocycles. The Morgan fingerprint density at radius 3 is 1.79 bits per heavy atom. The van der Waals surface area contributed by atoms with Crippen LogP contribution < -0.4 is 0 Å². The van der Waals surface area contributed by atoms with Crippen LogP contribution >= 0.6 is 0 Å². The maximum Gasteiger partial charge on any atom is 0.0987 e. The lowest BCUT2D eigenvalue weighted by molar-refractivity contribution is -0.173. The molecule has 5 aliphatic carbocycles. The van der Waals surface area contributed by atoms with E-state index in [4.69, 9.17) is 4.74 Å². The third-order valence-electron chi connectivity index (χ3n) is 13.8. The minimum atomic E-state index is -0.178. The van der Waals surface area contributed by atoms with E-state index in [1.54, 1.807) is 0 Å². The van der Waals surface area contributed by atoms with Crippen molar-refractivity contribution in [3.05, 3.63) is 0 Å². The molecule has 0 aromatic carbocycles. The molecule has 0 amide bonds. The number of hydrogen-bond donors (Lipinski definition) is 2. The van der Waals surface area contributed by atoms with Crippen molar-refractivity contribution in [3.63, 3.8) is 0 Å². The monoisotopic (exact) mass is 458 g/mol. The van der Waals surface area contributed by atoms with Crippen LogP contribution in [0.3, 0.4) is 0 Å². The van der Waals surface area contributed by atoms with Crippen LogP contribution in [0.25, 0.3) is 0 Å². The fourth-order valence-corrected chi connectivity index (χ4v) is 12.0. The SMILES string of the molecule is CC1(C)[C@H]2CC[C@@]3(C)C[C@]45O[C@@H]4C[C@H]4C(C)(C)[C@@H](O)CC[C@]4(C)[C@@H]5CC[C@@H]3[C@@]2(C)CC[C@@H]1O. The third kappa shape index (κ3) is 2.74. The van der Waals surface area contributed by atoms with Crippen molar-refractivity contribution in [1.82, 2.24) is 0 Å². The van der Waals surface area contributed by atoms with Crippen LogP contribution in [-0.4, -0.2) is 34.1 Å². The molecule has 6 aliphatic rings. The van der Waals surface area contributed by atoms with E-state index in [9.17, 15) is 10.2 Å². The summed E-state index contributed by atoms with van der Waals surface area (Å²) in [6, 6.07) is 0. The molecule has 1 saturated heterocycles. The first-order chi connectivity index (χ1) is 15.2. The molecule has 3 nitrogen and oxygen atoms in total. The summed E-state index contributed by atoms with van der Waals surface area (Å²) in [7, 11) is 0. The lowest BCUT2D eigenvalue weighted by Crippen LogP contribution is -2.59. The third-order valence-corrected chi connectivity index (χ3v) is 13.8. The summed E-state index contributed by atoms with van der Waals surface area (Å²) in [6.45, 7) is 17.2. The summed E-state index contributed by atoms with van der Waals surface area (Å²) in [5.74, 6) is 2.53. The predicted molar refractivity (Wildman–Crippen MR) is 132 cm³/mol. The van der Waals surface area contributed by atoms with E-state index in [0.29, 0.717) is 34.7 Å². The van der Waals surface area contributed by atoms with Gasteiger partial charge in [-0.25, -0.2) is 0 Å². The standard InChI is InChI=1S/C30H50O3/c1-25(2)18-10-13-27(5)17-30-20(9-8-19(27)28(18,6)14-11-22(25)31)29(7)15-12-23(32)26(3,4)21(29)16-24(30)33-30/h18-24,31-32H,8-17H2,1-7H3/t18-,19+,20+,21+,22+,23+,24-,27+,28+,29-,30-/m1/s1. The Hall–Kier alpha value is -0.120. The summed E-state index contributed by atoms with van der Waals surface area (Å²) < 4.78 is 6.85. The van der Waals surface area contributed by atoms with Gasteiger partial charge < -0.3 is 14.9 Å². The zero-order chi connectivity index (χ0) is 23.8. The number of hydrogen-bond acceptors (Lipinski definition) is 3. The van der Waals surface area contributed by atoms with Crippen molar-refractivity contribution < 1.29 is 14.9 Å². The first-order valence-corrected chi connectivity index (χ1v) is 14.3. The molecule has 1 aliphatic heterocycles. The smallest absolute Gasteiger partial charge is 0.0987 e. The number of ether oxygens (including phenoxy) is 1. The molecule has 11 atom stereocenters.